The zero-order chi connectivity index (χ0) is 14.7. The third kappa shape index (κ3) is 3.29. The summed E-state index contributed by atoms with van der Waals surface area (Å²) < 4.78 is 0. The molecule has 0 radical (unpaired) electrons. The van der Waals surface area contributed by atoms with Crippen molar-refractivity contribution in [3.8, 4) is 5.75 Å². The average molecular weight is 277 g/mol. The van der Waals surface area contributed by atoms with Crippen LogP contribution < -0.4 is 0 Å². The highest BCUT2D eigenvalue weighted by Gasteiger charge is 2.35. The van der Waals surface area contributed by atoms with Gasteiger partial charge < -0.3 is 15.1 Å². The van der Waals surface area contributed by atoms with Crippen LogP contribution in [-0.4, -0.2) is 34.0 Å². The Hall–Kier alpha value is -2.04. The van der Waals surface area contributed by atoms with E-state index in [1.165, 1.54) is 0 Å². The van der Waals surface area contributed by atoms with Crippen LogP contribution in [0.1, 0.15) is 24.8 Å². The smallest absolute Gasteiger partial charge is 0.306 e. The van der Waals surface area contributed by atoms with Crippen molar-refractivity contribution in [3.63, 3.8) is 0 Å². The highest BCUT2D eigenvalue weighted by Crippen LogP contribution is 2.32. The number of carboxylic acid groups (broad SMARTS) is 1. The molecule has 0 spiro atoms. The van der Waals surface area contributed by atoms with Gasteiger partial charge in [-0.1, -0.05) is 12.1 Å². The Morgan fingerprint density at radius 2 is 1.80 bits per heavy atom. The van der Waals surface area contributed by atoms with Crippen molar-refractivity contribution in [2.75, 3.05) is 7.05 Å². The van der Waals surface area contributed by atoms with E-state index in [4.69, 9.17) is 5.11 Å². The van der Waals surface area contributed by atoms with Gasteiger partial charge >= 0.3 is 5.97 Å². The molecule has 1 saturated carbocycles. The van der Waals surface area contributed by atoms with Crippen LogP contribution in [0.15, 0.2) is 24.3 Å². The maximum atomic E-state index is 12.3. The van der Waals surface area contributed by atoms with Crippen molar-refractivity contribution < 1.29 is 19.8 Å². The summed E-state index contributed by atoms with van der Waals surface area (Å²) >= 11 is 0. The van der Waals surface area contributed by atoms with Gasteiger partial charge in [0.2, 0.25) is 5.91 Å². The molecule has 1 aliphatic rings. The molecule has 0 saturated heterocycles. The molecule has 1 aromatic carbocycles. The number of rotatable bonds is 4. The van der Waals surface area contributed by atoms with Crippen LogP contribution in [0.2, 0.25) is 0 Å². The van der Waals surface area contributed by atoms with Crippen LogP contribution in [0, 0.1) is 11.8 Å². The number of amides is 1. The Kier molecular flexibility index (Phi) is 4.27. The summed E-state index contributed by atoms with van der Waals surface area (Å²) in [5.74, 6) is -1.17. The van der Waals surface area contributed by atoms with Crippen molar-refractivity contribution in [1.29, 1.82) is 0 Å². The number of hydrogen-bond donors (Lipinski definition) is 2. The fourth-order valence-electron chi connectivity index (χ4n) is 2.69. The van der Waals surface area contributed by atoms with Crippen LogP contribution in [0.5, 0.6) is 5.75 Å². The minimum Gasteiger partial charge on any atom is -0.508 e. The lowest BCUT2D eigenvalue weighted by Crippen LogP contribution is -2.31. The summed E-state index contributed by atoms with van der Waals surface area (Å²) in [6.45, 7) is 0.466. The molecule has 0 aromatic heterocycles. The van der Waals surface area contributed by atoms with E-state index in [1.807, 2.05) is 0 Å². The molecule has 2 rings (SSSR count). The second-order valence-electron chi connectivity index (χ2n) is 5.41. The first-order chi connectivity index (χ1) is 9.47. The summed E-state index contributed by atoms with van der Waals surface area (Å²) in [5, 5.41) is 18.2. The van der Waals surface area contributed by atoms with Crippen LogP contribution in [0.4, 0.5) is 0 Å². The fourth-order valence-corrected chi connectivity index (χ4v) is 2.69. The number of phenolic OH excluding ortho intramolecular Hbond substituents is 1. The van der Waals surface area contributed by atoms with E-state index in [9.17, 15) is 14.7 Å². The Morgan fingerprint density at radius 1 is 1.20 bits per heavy atom. The number of carbonyl (C=O) groups excluding carboxylic acids is 1. The van der Waals surface area contributed by atoms with Gasteiger partial charge in [-0.3, -0.25) is 9.59 Å². The largest absolute Gasteiger partial charge is 0.508 e. The SMILES string of the molecule is CN(Cc1ccc(O)cc1)C(=O)[C@@H]1CC[C@H](C(=O)O)C1. The number of carboxylic acids is 1. The summed E-state index contributed by atoms with van der Waals surface area (Å²) in [6, 6.07) is 6.72. The average Bonchev–Trinajstić information content (AvgIpc) is 2.90. The molecule has 0 bridgehead atoms. The molecule has 0 heterocycles. The maximum Gasteiger partial charge on any atom is 0.306 e. The third-order valence-corrected chi connectivity index (χ3v) is 3.86. The van der Waals surface area contributed by atoms with E-state index in [1.54, 1.807) is 36.2 Å². The second-order valence-corrected chi connectivity index (χ2v) is 5.41. The number of benzene rings is 1. The summed E-state index contributed by atoms with van der Waals surface area (Å²) in [7, 11) is 1.73. The first-order valence-electron chi connectivity index (χ1n) is 6.73. The highest BCUT2D eigenvalue weighted by molar-refractivity contribution is 5.80. The monoisotopic (exact) mass is 277 g/mol. The number of aromatic hydroxyl groups is 1. The number of phenols is 1. The van der Waals surface area contributed by atoms with Crippen molar-refractivity contribution >= 4 is 11.9 Å². The highest BCUT2D eigenvalue weighted by atomic mass is 16.4. The predicted molar refractivity (Wildman–Crippen MR) is 73.0 cm³/mol. The van der Waals surface area contributed by atoms with Gasteiger partial charge in [0.1, 0.15) is 5.75 Å². The van der Waals surface area contributed by atoms with Crippen LogP contribution in [0.25, 0.3) is 0 Å². The van der Waals surface area contributed by atoms with Crippen LogP contribution in [0.3, 0.4) is 0 Å². The first kappa shape index (κ1) is 14.4. The molecule has 2 N–H and O–H groups in total. The molecule has 1 aromatic rings. The van der Waals surface area contributed by atoms with Gasteiger partial charge in [-0.05, 0) is 37.0 Å². The van der Waals surface area contributed by atoms with Crippen LogP contribution in [-0.2, 0) is 16.1 Å². The van der Waals surface area contributed by atoms with Crippen molar-refractivity contribution in [3.05, 3.63) is 29.8 Å². The molecule has 1 amide bonds. The zero-order valence-corrected chi connectivity index (χ0v) is 11.5. The molecule has 5 heteroatoms. The van der Waals surface area contributed by atoms with Crippen molar-refractivity contribution in [1.82, 2.24) is 4.90 Å². The lowest BCUT2D eigenvalue weighted by Gasteiger charge is -2.21. The van der Waals surface area contributed by atoms with E-state index in [-0.39, 0.29) is 23.5 Å². The lowest BCUT2D eigenvalue weighted by molar-refractivity contribution is -0.141. The minimum atomic E-state index is -0.804. The molecule has 5 nitrogen and oxygen atoms in total. The lowest BCUT2D eigenvalue weighted by atomic mass is 10.0. The van der Waals surface area contributed by atoms with Gasteiger partial charge in [-0.25, -0.2) is 0 Å². The summed E-state index contributed by atoms with van der Waals surface area (Å²) in [4.78, 5) is 24.8. The summed E-state index contributed by atoms with van der Waals surface area (Å²) in [6.07, 6.45) is 1.67. The number of carbonyl (C=O) groups is 2. The molecular formula is C15H19NO4. The third-order valence-electron chi connectivity index (χ3n) is 3.86. The van der Waals surface area contributed by atoms with Crippen molar-refractivity contribution in [2.45, 2.75) is 25.8 Å². The van der Waals surface area contributed by atoms with Gasteiger partial charge in [-0.15, -0.1) is 0 Å². The molecule has 1 fully saturated rings. The molecule has 0 unspecified atom stereocenters. The van der Waals surface area contributed by atoms with Gasteiger partial charge in [-0.2, -0.15) is 0 Å². The number of hydrogen-bond acceptors (Lipinski definition) is 3. The Labute approximate surface area is 117 Å². The van der Waals surface area contributed by atoms with Crippen molar-refractivity contribution in [2.24, 2.45) is 11.8 Å². The summed E-state index contributed by atoms with van der Waals surface area (Å²) in [5.41, 5.74) is 0.937. The van der Waals surface area contributed by atoms with E-state index in [0.717, 1.165) is 5.56 Å². The maximum absolute atomic E-state index is 12.3. The normalized spacial score (nSPS) is 21.6. The van der Waals surface area contributed by atoms with E-state index in [0.29, 0.717) is 25.8 Å². The molecule has 2 atom stereocenters. The van der Waals surface area contributed by atoms with Gasteiger partial charge in [0.05, 0.1) is 5.92 Å². The first-order valence-corrected chi connectivity index (χ1v) is 6.73. The Bertz CT molecular complexity index is 497. The van der Waals surface area contributed by atoms with E-state index >= 15 is 0 Å². The quantitative estimate of drug-likeness (QED) is 0.880. The van der Waals surface area contributed by atoms with Gasteiger partial charge in [0.15, 0.2) is 0 Å². The standard InChI is InChI=1S/C15H19NO4/c1-16(9-10-2-6-13(17)7-3-10)14(18)11-4-5-12(8-11)15(19)20/h2-3,6-7,11-12,17H,4-5,8-9H2,1H3,(H,19,20)/t11-,12+/m1/s1. The molecular weight excluding hydrogens is 258 g/mol. The molecule has 108 valence electrons. The zero-order valence-electron chi connectivity index (χ0n) is 11.5. The van der Waals surface area contributed by atoms with Gasteiger partial charge in [0.25, 0.3) is 0 Å². The Morgan fingerprint density at radius 3 is 2.35 bits per heavy atom. The topological polar surface area (TPSA) is 77.8 Å². The van der Waals surface area contributed by atoms with E-state index < -0.39 is 5.97 Å². The van der Waals surface area contributed by atoms with Crippen LogP contribution >= 0.6 is 0 Å². The Balaban J connectivity index is 1.92. The number of nitrogens with zero attached hydrogens (tertiary/aromatic N) is 1. The molecule has 0 aliphatic heterocycles. The molecule has 20 heavy (non-hydrogen) atoms. The van der Waals surface area contributed by atoms with Gasteiger partial charge in [0, 0.05) is 19.5 Å². The number of aliphatic carboxylic acids is 1. The van der Waals surface area contributed by atoms with E-state index in [2.05, 4.69) is 0 Å². The predicted octanol–water partition coefficient (Wildman–Crippen LogP) is 1.85. The second kappa shape index (κ2) is 5.94. The fraction of sp³-hybridized carbons (Fsp3) is 0.467. The molecule has 1 aliphatic carbocycles. The minimum absolute atomic E-state index is 0.00169.